The fourth-order valence-corrected chi connectivity index (χ4v) is 4.60. The monoisotopic (exact) mass is 441 g/mol. The number of methoxy groups -OCH3 is 3. The van der Waals surface area contributed by atoms with Gasteiger partial charge in [-0.15, -0.1) is 0 Å². The third kappa shape index (κ3) is 3.76. The summed E-state index contributed by atoms with van der Waals surface area (Å²) < 4.78 is 16.4. The van der Waals surface area contributed by atoms with E-state index >= 15 is 0 Å². The molecule has 0 bridgehead atoms. The highest BCUT2D eigenvalue weighted by atomic mass is 35.5. The molecule has 0 saturated heterocycles. The molecule has 1 aliphatic heterocycles. The van der Waals surface area contributed by atoms with E-state index in [4.69, 9.17) is 25.8 Å². The van der Waals surface area contributed by atoms with E-state index in [1.165, 1.54) is 0 Å². The highest BCUT2D eigenvalue weighted by molar-refractivity contribution is 6.30. The second-order valence-corrected chi connectivity index (χ2v) is 7.99. The number of rotatable bonds is 5. The van der Waals surface area contributed by atoms with Gasteiger partial charge in [0.1, 0.15) is 0 Å². The molecule has 0 unspecified atom stereocenters. The molecule has 2 aromatic carbocycles. The molecule has 1 heterocycles. The predicted octanol–water partition coefficient (Wildman–Crippen LogP) is 4.89. The first-order valence-corrected chi connectivity index (χ1v) is 10.5. The number of Topliss-reactive ketones (excluding diaryl/α,β-unsaturated/α-hetero) is 1. The van der Waals surface area contributed by atoms with Gasteiger partial charge in [0.15, 0.2) is 17.3 Å². The first kappa shape index (κ1) is 21.2. The fraction of sp³-hybridized carbons (Fsp3) is 0.333. The lowest BCUT2D eigenvalue weighted by Gasteiger charge is -2.38. The zero-order valence-electron chi connectivity index (χ0n) is 17.7. The van der Waals surface area contributed by atoms with E-state index in [0.717, 1.165) is 23.4 Å². The topological polar surface area (TPSA) is 65.1 Å². The summed E-state index contributed by atoms with van der Waals surface area (Å²) in [5, 5.41) is 0.595. The van der Waals surface area contributed by atoms with E-state index in [1.807, 2.05) is 24.3 Å². The van der Waals surface area contributed by atoms with Crippen LogP contribution in [-0.4, -0.2) is 33.0 Å². The standard InChI is InChI=1S/C24H24ClNO5/c1-29-20-11-14(12-21(30-2)24(20)31-3)17-13-22(28)26(16-9-7-15(25)8-10-16)18-5-4-6-19(27)23(17)18/h7-12,17H,4-6,13H2,1-3H3/t17-/m1/s1. The SMILES string of the molecule is COc1cc([C@H]2CC(=O)N(c3ccc(Cl)cc3)C3=C2C(=O)CCC3)cc(OC)c1OC. The maximum Gasteiger partial charge on any atom is 0.232 e. The molecule has 1 atom stereocenters. The summed E-state index contributed by atoms with van der Waals surface area (Å²) >= 11 is 6.03. The molecule has 0 radical (unpaired) electrons. The van der Waals surface area contributed by atoms with Gasteiger partial charge in [-0.25, -0.2) is 0 Å². The van der Waals surface area contributed by atoms with Crippen LogP contribution in [0.4, 0.5) is 5.69 Å². The number of allylic oxidation sites excluding steroid dienone is 2. The zero-order chi connectivity index (χ0) is 22.1. The molecule has 1 amide bonds. The Kier molecular flexibility index (Phi) is 5.92. The number of anilines is 1. The molecule has 0 N–H and O–H groups in total. The minimum Gasteiger partial charge on any atom is -0.493 e. The summed E-state index contributed by atoms with van der Waals surface area (Å²) in [5.41, 5.74) is 2.98. The van der Waals surface area contributed by atoms with E-state index in [2.05, 4.69) is 0 Å². The number of hydrogen-bond acceptors (Lipinski definition) is 5. The minimum absolute atomic E-state index is 0.0606. The lowest BCUT2D eigenvalue weighted by atomic mass is 9.77. The van der Waals surface area contributed by atoms with E-state index in [0.29, 0.717) is 40.7 Å². The molecule has 31 heavy (non-hydrogen) atoms. The molecule has 6 nitrogen and oxygen atoms in total. The Hall–Kier alpha value is -2.99. The molecule has 2 aromatic rings. The Morgan fingerprint density at radius 3 is 2.16 bits per heavy atom. The zero-order valence-corrected chi connectivity index (χ0v) is 18.5. The van der Waals surface area contributed by atoms with Crippen molar-refractivity contribution in [1.82, 2.24) is 0 Å². The van der Waals surface area contributed by atoms with E-state index < -0.39 is 0 Å². The van der Waals surface area contributed by atoms with E-state index in [9.17, 15) is 9.59 Å². The maximum absolute atomic E-state index is 13.3. The average Bonchev–Trinajstić information content (AvgIpc) is 2.78. The first-order chi connectivity index (χ1) is 15.0. The number of amides is 1. The van der Waals surface area contributed by atoms with E-state index in [1.54, 1.807) is 38.4 Å². The first-order valence-electron chi connectivity index (χ1n) is 10.1. The molecule has 4 rings (SSSR count). The van der Waals surface area contributed by atoms with Crippen molar-refractivity contribution in [2.45, 2.75) is 31.6 Å². The maximum atomic E-state index is 13.3. The van der Waals surface area contributed by atoms with Crippen LogP contribution < -0.4 is 19.1 Å². The van der Waals surface area contributed by atoms with Crippen LogP contribution in [-0.2, 0) is 9.59 Å². The van der Waals surface area contributed by atoms with Crippen LogP contribution in [0.5, 0.6) is 17.2 Å². The molecular weight excluding hydrogens is 418 g/mol. The summed E-state index contributed by atoms with van der Waals surface area (Å²) in [6.45, 7) is 0. The van der Waals surface area contributed by atoms with Gasteiger partial charge in [0, 0.05) is 40.7 Å². The number of carbonyl (C=O) groups excluding carboxylic acids is 2. The highest BCUT2D eigenvalue weighted by Gasteiger charge is 2.40. The molecule has 0 aromatic heterocycles. The average molecular weight is 442 g/mol. The van der Waals surface area contributed by atoms with Crippen LogP contribution in [0.2, 0.25) is 5.02 Å². The lowest BCUT2D eigenvalue weighted by molar-refractivity contribution is -0.119. The van der Waals surface area contributed by atoms with Gasteiger partial charge < -0.3 is 14.2 Å². The number of ether oxygens (including phenoxy) is 3. The third-order valence-corrected chi connectivity index (χ3v) is 6.10. The smallest absolute Gasteiger partial charge is 0.232 e. The Labute approximate surface area is 186 Å². The van der Waals surface area contributed by atoms with Gasteiger partial charge in [-0.1, -0.05) is 11.6 Å². The van der Waals surface area contributed by atoms with Gasteiger partial charge in [0.25, 0.3) is 0 Å². The summed E-state index contributed by atoms with van der Waals surface area (Å²) in [4.78, 5) is 28.1. The summed E-state index contributed by atoms with van der Waals surface area (Å²) in [6, 6.07) is 10.8. The normalized spacial score (nSPS) is 18.7. The number of hydrogen-bond donors (Lipinski definition) is 0. The van der Waals surface area contributed by atoms with Gasteiger partial charge in [0.2, 0.25) is 11.7 Å². The van der Waals surface area contributed by atoms with Crippen LogP contribution in [0.1, 0.15) is 37.2 Å². The van der Waals surface area contributed by atoms with E-state index in [-0.39, 0.29) is 24.0 Å². The van der Waals surface area contributed by atoms with Crippen molar-refractivity contribution in [1.29, 1.82) is 0 Å². The van der Waals surface area contributed by atoms with Crippen molar-refractivity contribution in [3.63, 3.8) is 0 Å². The van der Waals surface area contributed by atoms with Gasteiger partial charge in [-0.05, 0) is 54.8 Å². The molecule has 0 spiro atoms. The number of carbonyl (C=O) groups is 2. The van der Waals surface area contributed by atoms with Crippen molar-refractivity contribution < 1.29 is 23.8 Å². The number of nitrogens with zero attached hydrogens (tertiary/aromatic N) is 1. The number of ketones is 1. The number of benzene rings is 2. The predicted molar refractivity (Wildman–Crippen MR) is 118 cm³/mol. The van der Waals surface area contributed by atoms with Crippen LogP contribution in [0.25, 0.3) is 0 Å². The molecule has 0 saturated carbocycles. The minimum atomic E-state index is -0.368. The van der Waals surface area contributed by atoms with Gasteiger partial charge in [-0.2, -0.15) is 0 Å². The summed E-state index contributed by atoms with van der Waals surface area (Å²) in [6.07, 6.45) is 2.03. The molecular formula is C24H24ClNO5. The largest absolute Gasteiger partial charge is 0.493 e. The summed E-state index contributed by atoms with van der Waals surface area (Å²) in [7, 11) is 4.64. The molecule has 1 aliphatic carbocycles. The van der Waals surface area contributed by atoms with Gasteiger partial charge in [0.05, 0.1) is 21.3 Å². The van der Waals surface area contributed by atoms with Crippen molar-refractivity contribution in [2.75, 3.05) is 26.2 Å². The second kappa shape index (κ2) is 8.63. The number of halogens is 1. The molecule has 7 heteroatoms. The quantitative estimate of drug-likeness (QED) is 0.660. The van der Waals surface area contributed by atoms with Crippen molar-refractivity contribution in [3.05, 3.63) is 58.3 Å². The third-order valence-electron chi connectivity index (χ3n) is 5.85. The van der Waals surface area contributed by atoms with Crippen molar-refractivity contribution >= 4 is 29.0 Å². The van der Waals surface area contributed by atoms with Gasteiger partial charge >= 0.3 is 0 Å². The second-order valence-electron chi connectivity index (χ2n) is 7.56. The Morgan fingerprint density at radius 2 is 1.58 bits per heavy atom. The van der Waals surface area contributed by atoms with Crippen molar-refractivity contribution in [3.8, 4) is 17.2 Å². The Morgan fingerprint density at radius 1 is 0.935 bits per heavy atom. The van der Waals surface area contributed by atoms with Gasteiger partial charge in [-0.3, -0.25) is 14.5 Å². The Bertz CT molecular complexity index is 1040. The molecule has 0 fully saturated rings. The molecule has 162 valence electrons. The highest BCUT2D eigenvalue weighted by Crippen LogP contribution is 2.47. The Balaban J connectivity index is 1.87. The van der Waals surface area contributed by atoms with Crippen LogP contribution in [0.15, 0.2) is 47.7 Å². The fourth-order valence-electron chi connectivity index (χ4n) is 4.47. The van der Waals surface area contributed by atoms with Crippen LogP contribution in [0, 0.1) is 0 Å². The van der Waals surface area contributed by atoms with Crippen LogP contribution >= 0.6 is 11.6 Å². The lowest BCUT2D eigenvalue weighted by Crippen LogP contribution is -2.40. The van der Waals surface area contributed by atoms with Crippen LogP contribution in [0.3, 0.4) is 0 Å². The van der Waals surface area contributed by atoms with Crippen molar-refractivity contribution in [2.24, 2.45) is 0 Å². The summed E-state index contributed by atoms with van der Waals surface area (Å²) in [5.74, 6) is 1.11. The molecule has 2 aliphatic rings.